The van der Waals surface area contributed by atoms with Crippen LogP contribution in [0.15, 0.2) is 140 Å². The molecule has 2 nitrogen and oxygen atoms in total. The highest BCUT2D eigenvalue weighted by molar-refractivity contribution is 7.26. The Kier molecular flexibility index (Phi) is 6.88. The minimum atomic E-state index is -0.0437. The maximum absolute atomic E-state index is 2.71. The van der Waals surface area contributed by atoms with Crippen LogP contribution >= 0.6 is 34.0 Å². The van der Waals surface area contributed by atoms with Crippen molar-refractivity contribution in [3.63, 3.8) is 0 Å². The molecule has 0 bridgehead atoms. The maximum atomic E-state index is 2.71. The summed E-state index contributed by atoms with van der Waals surface area (Å²) in [6, 6.07) is 54.6. The zero-order valence-electron chi connectivity index (χ0n) is 35.5. The molecule has 0 fully saturated rings. The monoisotopic (exact) mass is 848 g/mol. The Morgan fingerprint density at radius 2 is 0.984 bits per heavy atom. The largest absolute Gasteiger partial charge is 0.376 e. The van der Waals surface area contributed by atoms with Crippen LogP contribution in [0.2, 0.25) is 0 Å². The summed E-state index contributed by atoms with van der Waals surface area (Å²) in [6.45, 7) is 13.8. The van der Waals surface area contributed by atoms with Crippen molar-refractivity contribution in [2.45, 2.75) is 52.4 Å². The fourth-order valence-electron chi connectivity index (χ4n) is 11.0. The molecule has 8 aromatic carbocycles. The van der Waals surface area contributed by atoms with Crippen LogP contribution in [0.1, 0.15) is 52.7 Å². The zero-order chi connectivity index (χ0) is 41.6. The van der Waals surface area contributed by atoms with Crippen LogP contribution in [-0.2, 0) is 10.8 Å². The van der Waals surface area contributed by atoms with Crippen molar-refractivity contribution >= 4 is 145 Å². The van der Waals surface area contributed by atoms with Gasteiger partial charge in [-0.3, -0.25) is 0 Å². The van der Waals surface area contributed by atoms with Gasteiger partial charge in [0.25, 0.3) is 0 Å². The lowest BCUT2D eigenvalue weighted by atomic mass is 9.44. The molecule has 2 aliphatic heterocycles. The minimum absolute atomic E-state index is 0.0437. The molecule has 0 saturated heterocycles. The fraction of sp³-hybridized carbons (Fsp3) is 0.143. The molecular formula is C56H41BN2S3. The van der Waals surface area contributed by atoms with Crippen molar-refractivity contribution in [2.24, 2.45) is 0 Å². The Morgan fingerprint density at radius 3 is 1.69 bits per heavy atom. The first-order chi connectivity index (χ1) is 30.0. The fourth-order valence-corrected chi connectivity index (χ4v) is 14.4. The van der Waals surface area contributed by atoms with Gasteiger partial charge in [-0.1, -0.05) is 120 Å². The van der Waals surface area contributed by atoms with Crippen molar-refractivity contribution in [3.05, 3.63) is 151 Å². The highest BCUT2D eigenvalue weighted by atomic mass is 32.1. The van der Waals surface area contributed by atoms with E-state index in [1.54, 1.807) is 0 Å². The summed E-state index contributed by atoms with van der Waals surface area (Å²) in [7, 11) is 0. The van der Waals surface area contributed by atoms with E-state index in [2.05, 4.69) is 190 Å². The molecule has 0 unspecified atom stereocenters. The van der Waals surface area contributed by atoms with Crippen LogP contribution in [0.25, 0.3) is 99.1 Å². The predicted octanol–water partition coefficient (Wildman–Crippen LogP) is 15.7. The van der Waals surface area contributed by atoms with Gasteiger partial charge in [-0.2, -0.15) is 0 Å². The van der Waals surface area contributed by atoms with Crippen LogP contribution in [0, 0.1) is 0 Å². The quantitative estimate of drug-likeness (QED) is 0.149. The second kappa shape index (κ2) is 12.0. The standard InChI is InChI=1S/C56H41BN2S3/c1-55(2,3)30-15-18-32(19-16-30)59-45-28-51-41(35-20-17-31(56(4,5)6)23-49(35)62-51)24-38(45)36-21-22-37-39-25-40-33-11-7-9-13-47(33)60-50(40)27-44(39)58-46-29-52-42(34-12-8-10-14-48(34)61-52)26-43(46)57(59)53(36)54(37)58/h7-29H,1-6H3. The SMILES string of the molecule is CC(C)(C)c1ccc(N2B3c4cc5c(cc4-n4c6cc7sc8ccccc8c7cc6c6ccc(c3c64)-c3cc4c(cc32)sc2cc(C(C)(C)C)ccc24)sc2ccccc25)cc1. The van der Waals surface area contributed by atoms with Crippen molar-refractivity contribution in [3.8, 4) is 16.8 Å². The van der Waals surface area contributed by atoms with Crippen molar-refractivity contribution < 1.29 is 0 Å². The number of hydrogen-bond acceptors (Lipinski definition) is 4. The van der Waals surface area contributed by atoms with Gasteiger partial charge in [0, 0.05) is 93.9 Å². The van der Waals surface area contributed by atoms with Gasteiger partial charge in [-0.25, -0.2) is 0 Å². The first-order valence-corrected chi connectivity index (χ1v) is 24.2. The van der Waals surface area contributed by atoms with E-state index in [-0.39, 0.29) is 17.7 Å². The normalized spacial score (nSPS) is 13.9. The third-order valence-corrected chi connectivity index (χ3v) is 17.5. The molecule has 14 rings (SSSR count). The molecule has 0 amide bonds. The molecular weight excluding hydrogens is 808 g/mol. The second-order valence-corrected chi connectivity index (χ2v) is 23.0. The molecule has 296 valence electrons. The van der Waals surface area contributed by atoms with Gasteiger partial charge in [-0.05, 0) is 99.1 Å². The number of rotatable bonds is 1. The van der Waals surface area contributed by atoms with Gasteiger partial charge in [-0.15, -0.1) is 34.0 Å². The van der Waals surface area contributed by atoms with Crippen LogP contribution in [0.3, 0.4) is 0 Å². The van der Waals surface area contributed by atoms with Crippen molar-refractivity contribution in [1.82, 2.24) is 4.57 Å². The summed E-state index contributed by atoms with van der Waals surface area (Å²) in [5.41, 5.74) is 14.7. The lowest BCUT2D eigenvalue weighted by molar-refractivity contribution is 0.590. The number of nitrogens with zero attached hydrogens (tertiary/aromatic N) is 2. The molecule has 2 aliphatic rings. The molecule has 6 heterocycles. The van der Waals surface area contributed by atoms with Crippen LogP contribution < -0.4 is 15.7 Å². The highest BCUT2D eigenvalue weighted by Crippen LogP contribution is 2.50. The minimum Gasteiger partial charge on any atom is -0.376 e. The first kappa shape index (κ1) is 35.7. The van der Waals surface area contributed by atoms with Gasteiger partial charge in [0.05, 0.1) is 11.0 Å². The van der Waals surface area contributed by atoms with Crippen LogP contribution in [0.4, 0.5) is 11.4 Å². The number of fused-ring (bicyclic) bond motifs is 17. The van der Waals surface area contributed by atoms with E-state index >= 15 is 0 Å². The Hall–Kier alpha value is -5.92. The summed E-state index contributed by atoms with van der Waals surface area (Å²) in [5.74, 6) is 0. The van der Waals surface area contributed by atoms with Gasteiger partial charge in [0.2, 0.25) is 0 Å². The van der Waals surface area contributed by atoms with Crippen molar-refractivity contribution in [1.29, 1.82) is 0 Å². The third-order valence-electron chi connectivity index (χ3n) is 14.1. The highest BCUT2D eigenvalue weighted by Gasteiger charge is 2.44. The summed E-state index contributed by atoms with van der Waals surface area (Å²) >= 11 is 5.77. The van der Waals surface area contributed by atoms with E-state index in [1.807, 2.05) is 34.0 Å². The summed E-state index contributed by atoms with van der Waals surface area (Å²) in [4.78, 5) is 2.71. The van der Waals surface area contributed by atoms with E-state index in [1.165, 1.54) is 133 Å². The molecule has 0 N–H and O–H groups in total. The molecule has 12 aromatic rings. The summed E-state index contributed by atoms with van der Waals surface area (Å²) in [6.07, 6.45) is 0. The number of benzene rings is 8. The lowest BCUT2D eigenvalue weighted by Crippen LogP contribution is -2.60. The summed E-state index contributed by atoms with van der Waals surface area (Å²) in [5, 5.41) is 10.7. The molecule has 62 heavy (non-hydrogen) atoms. The molecule has 6 heteroatoms. The third kappa shape index (κ3) is 4.70. The maximum Gasteiger partial charge on any atom is 0.333 e. The lowest BCUT2D eigenvalue weighted by Gasteiger charge is -2.42. The van der Waals surface area contributed by atoms with Crippen molar-refractivity contribution in [2.75, 3.05) is 4.81 Å². The smallest absolute Gasteiger partial charge is 0.333 e. The average Bonchev–Trinajstić information content (AvgIpc) is 4.01. The molecule has 0 spiro atoms. The second-order valence-electron chi connectivity index (χ2n) is 19.7. The van der Waals surface area contributed by atoms with Gasteiger partial charge in [0.1, 0.15) is 0 Å². The van der Waals surface area contributed by atoms with E-state index in [9.17, 15) is 0 Å². The topological polar surface area (TPSA) is 8.17 Å². The van der Waals surface area contributed by atoms with Gasteiger partial charge in [0.15, 0.2) is 0 Å². The van der Waals surface area contributed by atoms with Crippen LogP contribution in [-0.4, -0.2) is 11.4 Å². The number of anilines is 2. The molecule has 0 atom stereocenters. The Labute approximate surface area is 372 Å². The summed E-state index contributed by atoms with van der Waals surface area (Å²) < 4.78 is 10.7. The molecule has 0 aliphatic carbocycles. The van der Waals surface area contributed by atoms with E-state index in [0.717, 1.165) is 0 Å². The van der Waals surface area contributed by atoms with Gasteiger partial charge < -0.3 is 9.38 Å². The first-order valence-electron chi connectivity index (χ1n) is 21.8. The van der Waals surface area contributed by atoms with E-state index < -0.39 is 0 Å². The molecule has 0 radical (unpaired) electrons. The number of hydrogen-bond donors (Lipinski definition) is 0. The Balaban J connectivity index is 1.15. The Morgan fingerprint density at radius 1 is 0.419 bits per heavy atom. The predicted molar refractivity (Wildman–Crippen MR) is 276 cm³/mol. The van der Waals surface area contributed by atoms with E-state index in [0.29, 0.717) is 0 Å². The number of thiophene rings is 3. The zero-order valence-corrected chi connectivity index (χ0v) is 37.9. The van der Waals surface area contributed by atoms with E-state index in [4.69, 9.17) is 0 Å². The number of aromatic nitrogens is 1. The van der Waals surface area contributed by atoms with Crippen LogP contribution in [0.5, 0.6) is 0 Å². The Bertz CT molecular complexity index is 3960. The molecule has 4 aromatic heterocycles. The molecule has 0 saturated carbocycles. The van der Waals surface area contributed by atoms with Gasteiger partial charge >= 0.3 is 6.85 Å². The average molecular weight is 849 g/mol.